The Morgan fingerprint density at radius 1 is 1.15 bits per heavy atom. The lowest BCUT2D eigenvalue weighted by atomic mass is 9.94. The molecule has 1 saturated heterocycles. The highest BCUT2D eigenvalue weighted by atomic mass is 16.5. The maximum atomic E-state index is 12.8. The van der Waals surface area contributed by atoms with Gasteiger partial charge in [0.25, 0.3) is 0 Å². The molecule has 5 heteroatoms. The number of likely N-dealkylation sites (tertiary alicyclic amines) is 1. The molecule has 0 aromatic heterocycles. The fourth-order valence-electron chi connectivity index (χ4n) is 3.69. The third-order valence-electron chi connectivity index (χ3n) is 5.27. The Labute approximate surface area is 161 Å². The van der Waals surface area contributed by atoms with Crippen molar-refractivity contribution in [2.75, 3.05) is 27.2 Å². The number of carbonyl (C=O) groups excluding carboxylic acids is 1. The van der Waals surface area contributed by atoms with E-state index in [1.165, 1.54) is 0 Å². The van der Waals surface area contributed by atoms with Crippen LogP contribution in [0.3, 0.4) is 0 Å². The summed E-state index contributed by atoms with van der Waals surface area (Å²) in [6.07, 6.45) is 1.70. The molecule has 1 amide bonds. The summed E-state index contributed by atoms with van der Waals surface area (Å²) in [5.41, 5.74) is 2.01. The fourth-order valence-corrected chi connectivity index (χ4v) is 3.69. The number of nitrogens with zero attached hydrogens (tertiary/aromatic N) is 2. The first-order valence-corrected chi connectivity index (χ1v) is 9.44. The average Bonchev–Trinajstić information content (AvgIpc) is 2.70. The van der Waals surface area contributed by atoms with Gasteiger partial charge in [-0.2, -0.15) is 0 Å². The molecule has 1 aliphatic heterocycles. The van der Waals surface area contributed by atoms with Crippen LogP contribution in [0.2, 0.25) is 0 Å². The summed E-state index contributed by atoms with van der Waals surface area (Å²) in [6.45, 7) is 3.03. The Morgan fingerprint density at radius 2 is 1.85 bits per heavy atom. The summed E-state index contributed by atoms with van der Waals surface area (Å²) in [7, 11) is 3.44. The molecule has 27 heavy (non-hydrogen) atoms. The number of benzene rings is 2. The second kappa shape index (κ2) is 8.91. The molecule has 1 N–H and O–H groups in total. The van der Waals surface area contributed by atoms with Crippen molar-refractivity contribution in [1.29, 1.82) is 0 Å². The van der Waals surface area contributed by atoms with Gasteiger partial charge in [0.15, 0.2) is 11.5 Å². The van der Waals surface area contributed by atoms with E-state index in [2.05, 4.69) is 4.90 Å². The molecule has 0 bridgehead atoms. The molecule has 3 rings (SSSR count). The van der Waals surface area contributed by atoms with Gasteiger partial charge in [-0.1, -0.05) is 42.5 Å². The summed E-state index contributed by atoms with van der Waals surface area (Å²) in [4.78, 5) is 16.9. The number of aromatic hydroxyl groups is 1. The zero-order valence-corrected chi connectivity index (χ0v) is 16.1. The molecule has 2 aromatic rings. The number of rotatable bonds is 6. The van der Waals surface area contributed by atoms with Crippen molar-refractivity contribution in [2.24, 2.45) is 5.92 Å². The number of para-hydroxylation sites is 1. The van der Waals surface area contributed by atoms with E-state index in [-0.39, 0.29) is 17.6 Å². The van der Waals surface area contributed by atoms with E-state index < -0.39 is 0 Å². The summed E-state index contributed by atoms with van der Waals surface area (Å²) in [5, 5.41) is 10.3. The largest absolute Gasteiger partial charge is 0.504 e. The highest BCUT2D eigenvalue weighted by Gasteiger charge is 2.27. The number of phenolic OH excluding ortho intramolecular Hbond substituents is 1. The standard InChI is InChI=1S/C22H28N2O3/c1-23(15-17-7-4-3-5-8-17)22(26)18-11-13-24(14-12-18)16-19-9-6-10-20(27-2)21(19)25/h3-10,18,25H,11-16H2,1-2H3. The monoisotopic (exact) mass is 368 g/mol. The van der Waals surface area contributed by atoms with Gasteiger partial charge >= 0.3 is 0 Å². The molecule has 2 aromatic carbocycles. The summed E-state index contributed by atoms with van der Waals surface area (Å²) in [6, 6.07) is 15.7. The van der Waals surface area contributed by atoms with Crippen LogP contribution in [0.1, 0.15) is 24.0 Å². The Morgan fingerprint density at radius 3 is 2.52 bits per heavy atom. The number of hydrogen-bond donors (Lipinski definition) is 1. The Kier molecular flexibility index (Phi) is 6.35. The minimum Gasteiger partial charge on any atom is -0.504 e. The van der Waals surface area contributed by atoms with Crippen molar-refractivity contribution in [1.82, 2.24) is 9.80 Å². The summed E-state index contributed by atoms with van der Waals surface area (Å²) < 4.78 is 5.18. The lowest BCUT2D eigenvalue weighted by Crippen LogP contribution is -2.40. The van der Waals surface area contributed by atoms with E-state index in [0.717, 1.165) is 37.1 Å². The van der Waals surface area contributed by atoms with Crippen molar-refractivity contribution in [3.05, 3.63) is 59.7 Å². The topological polar surface area (TPSA) is 53.0 Å². The number of hydrogen-bond acceptors (Lipinski definition) is 4. The molecule has 0 atom stereocenters. The zero-order valence-electron chi connectivity index (χ0n) is 16.1. The van der Waals surface area contributed by atoms with Crippen LogP contribution in [0, 0.1) is 5.92 Å². The minimum atomic E-state index is 0.0777. The van der Waals surface area contributed by atoms with Gasteiger partial charge < -0.3 is 14.7 Å². The van der Waals surface area contributed by atoms with Crippen LogP contribution in [0.4, 0.5) is 0 Å². The molecule has 5 nitrogen and oxygen atoms in total. The Balaban J connectivity index is 1.52. The number of methoxy groups -OCH3 is 1. The highest BCUT2D eigenvalue weighted by molar-refractivity contribution is 5.78. The van der Waals surface area contributed by atoms with Gasteiger partial charge in [0, 0.05) is 31.6 Å². The molecule has 1 fully saturated rings. The second-order valence-corrected chi connectivity index (χ2v) is 7.20. The molecule has 0 unspecified atom stereocenters. The number of carbonyl (C=O) groups is 1. The van der Waals surface area contributed by atoms with E-state index in [0.29, 0.717) is 18.8 Å². The van der Waals surface area contributed by atoms with E-state index in [9.17, 15) is 9.90 Å². The lowest BCUT2D eigenvalue weighted by Gasteiger charge is -2.33. The first kappa shape index (κ1) is 19.2. The van der Waals surface area contributed by atoms with Gasteiger partial charge in [-0.3, -0.25) is 9.69 Å². The van der Waals surface area contributed by atoms with Gasteiger partial charge in [0.1, 0.15) is 0 Å². The number of phenols is 1. The van der Waals surface area contributed by atoms with Gasteiger partial charge in [-0.25, -0.2) is 0 Å². The van der Waals surface area contributed by atoms with Crippen LogP contribution >= 0.6 is 0 Å². The van der Waals surface area contributed by atoms with Gasteiger partial charge in [0.05, 0.1) is 7.11 Å². The number of ether oxygens (including phenoxy) is 1. The van der Waals surface area contributed by atoms with E-state index >= 15 is 0 Å². The Bertz CT molecular complexity index is 755. The Hall–Kier alpha value is -2.53. The molecule has 1 aliphatic rings. The van der Waals surface area contributed by atoms with Crippen LogP contribution in [0.15, 0.2) is 48.5 Å². The SMILES string of the molecule is COc1cccc(CN2CCC(C(=O)N(C)Cc3ccccc3)CC2)c1O. The summed E-state index contributed by atoms with van der Waals surface area (Å²) in [5.74, 6) is 1.01. The third kappa shape index (κ3) is 4.80. The van der Waals surface area contributed by atoms with Gasteiger partial charge in [0.2, 0.25) is 5.91 Å². The molecule has 0 aliphatic carbocycles. The van der Waals surface area contributed by atoms with Gasteiger partial charge in [-0.15, -0.1) is 0 Å². The molecular formula is C22H28N2O3. The maximum Gasteiger partial charge on any atom is 0.225 e. The molecule has 0 spiro atoms. The fraction of sp³-hybridized carbons (Fsp3) is 0.409. The quantitative estimate of drug-likeness (QED) is 0.850. The molecule has 1 heterocycles. The average molecular weight is 368 g/mol. The third-order valence-corrected chi connectivity index (χ3v) is 5.27. The van der Waals surface area contributed by atoms with Crippen molar-refractivity contribution >= 4 is 5.91 Å². The van der Waals surface area contributed by atoms with Crippen molar-refractivity contribution in [3.8, 4) is 11.5 Å². The molecule has 144 valence electrons. The maximum absolute atomic E-state index is 12.8. The van der Waals surface area contributed by atoms with Crippen LogP contribution in [0.5, 0.6) is 11.5 Å². The van der Waals surface area contributed by atoms with Crippen molar-refractivity contribution in [2.45, 2.75) is 25.9 Å². The number of amides is 1. The second-order valence-electron chi connectivity index (χ2n) is 7.20. The van der Waals surface area contributed by atoms with Crippen molar-refractivity contribution in [3.63, 3.8) is 0 Å². The first-order chi connectivity index (χ1) is 13.1. The van der Waals surface area contributed by atoms with Crippen LogP contribution in [0.25, 0.3) is 0 Å². The van der Waals surface area contributed by atoms with Crippen LogP contribution < -0.4 is 4.74 Å². The van der Waals surface area contributed by atoms with E-state index in [4.69, 9.17) is 4.74 Å². The van der Waals surface area contributed by atoms with Crippen molar-refractivity contribution < 1.29 is 14.6 Å². The first-order valence-electron chi connectivity index (χ1n) is 9.44. The van der Waals surface area contributed by atoms with Crippen LogP contribution in [-0.4, -0.2) is 48.1 Å². The molecule has 0 radical (unpaired) electrons. The van der Waals surface area contributed by atoms with Gasteiger partial charge in [-0.05, 0) is 37.6 Å². The van der Waals surface area contributed by atoms with Crippen LogP contribution in [-0.2, 0) is 17.9 Å². The zero-order chi connectivity index (χ0) is 19.2. The molecule has 0 saturated carbocycles. The predicted octanol–water partition coefficient (Wildman–Crippen LogP) is 3.27. The lowest BCUT2D eigenvalue weighted by molar-refractivity contribution is -0.136. The molecular weight excluding hydrogens is 340 g/mol. The van der Waals surface area contributed by atoms with E-state index in [1.807, 2.05) is 54.4 Å². The predicted molar refractivity (Wildman–Crippen MR) is 106 cm³/mol. The number of piperidine rings is 1. The van der Waals surface area contributed by atoms with E-state index in [1.54, 1.807) is 13.2 Å². The normalized spacial score (nSPS) is 15.5. The summed E-state index contributed by atoms with van der Waals surface area (Å²) >= 11 is 0. The minimum absolute atomic E-state index is 0.0777. The smallest absolute Gasteiger partial charge is 0.225 e. The highest BCUT2D eigenvalue weighted by Crippen LogP contribution is 2.31.